The van der Waals surface area contributed by atoms with E-state index in [1.54, 1.807) is 30.3 Å². The summed E-state index contributed by atoms with van der Waals surface area (Å²) >= 11 is 0. The molecule has 1 amide bonds. The minimum absolute atomic E-state index is 0.0573. The van der Waals surface area contributed by atoms with Gasteiger partial charge < -0.3 is 19.5 Å². The largest absolute Gasteiger partial charge is 0.491 e. The van der Waals surface area contributed by atoms with E-state index >= 15 is 0 Å². The molecule has 0 bridgehead atoms. The molecule has 1 unspecified atom stereocenters. The third kappa shape index (κ3) is 5.79. The summed E-state index contributed by atoms with van der Waals surface area (Å²) in [5.74, 6) is 1.36. The highest BCUT2D eigenvalue weighted by molar-refractivity contribution is 7.92. The van der Waals surface area contributed by atoms with Crippen molar-refractivity contribution < 1.29 is 27.4 Å². The quantitative estimate of drug-likeness (QED) is 0.685. The molecule has 0 saturated heterocycles. The van der Waals surface area contributed by atoms with Crippen LogP contribution in [0.4, 0.5) is 5.69 Å². The van der Waals surface area contributed by atoms with Crippen LogP contribution in [0.2, 0.25) is 0 Å². The molecule has 1 aliphatic rings. The van der Waals surface area contributed by atoms with Crippen LogP contribution in [0.15, 0.2) is 48.5 Å². The smallest absolute Gasteiger partial charge is 0.240 e. The van der Waals surface area contributed by atoms with E-state index in [1.165, 1.54) is 0 Å². The number of nitrogens with one attached hydrogen (secondary N) is 1. The van der Waals surface area contributed by atoms with Crippen LogP contribution in [0.25, 0.3) is 0 Å². The molecular weight excluding hydrogens is 408 g/mol. The molecular formula is C21H26N2O6S. The summed E-state index contributed by atoms with van der Waals surface area (Å²) in [6, 6.07) is 13.9. The lowest BCUT2D eigenvalue weighted by atomic mass is 10.2. The van der Waals surface area contributed by atoms with Crippen LogP contribution >= 0.6 is 0 Å². The molecule has 8 nitrogen and oxygen atoms in total. The van der Waals surface area contributed by atoms with Gasteiger partial charge in [0.15, 0.2) is 11.5 Å². The SMILES string of the molecule is CC(C)Oc1cccc(N(CC(=O)NCC2COc3ccccc3O2)S(C)(=O)=O)c1. The lowest BCUT2D eigenvalue weighted by Gasteiger charge is -2.27. The second-order valence-electron chi connectivity index (χ2n) is 7.24. The van der Waals surface area contributed by atoms with E-state index in [4.69, 9.17) is 14.2 Å². The zero-order valence-corrected chi connectivity index (χ0v) is 18.0. The van der Waals surface area contributed by atoms with Gasteiger partial charge in [-0.3, -0.25) is 9.10 Å². The van der Waals surface area contributed by atoms with E-state index in [0.29, 0.717) is 29.5 Å². The van der Waals surface area contributed by atoms with Gasteiger partial charge >= 0.3 is 0 Å². The fraction of sp³-hybridized carbons (Fsp3) is 0.381. The molecule has 3 rings (SSSR count). The Bertz CT molecular complexity index is 992. The third-order valence-electron chi connectivity index (χ3n) is 4.26. The van der Waals surface area contributed by atoms with E-state index in [9.17, 15) is 13.2 Å². The van der Waals surface area contributed by atoms with E-state index < -0.39 is 15.9 Å². The summed E-state index contributed by atoms with van der Waals surface area (Å²) < 4.78 is 42.7. The van der Waals surface area contributed by atoms with Crippen LogP contribution in [-0.2, 0) is 14.8 Å². The number of ether oxygens (including phenoxy) is 3. The molecule has 162 valence electrons. The van der Waals surface area contributed by atoms with Crippen LogP contribution in [0.1, 0.15) is 13.8 Å². The molecule has 1 aliphatic heterocycles. The van der Waals surface area contributed by atoms with E-state index in [0.717, 1.165) is 10.6 Å². The number of fused-ring (bicyclic) bond motifs is 1. The highest BCUT2D eigenvalue weighted by Gasteiger charge is 2.24. The van der Waals surface area contributed by atoms with E-state index in [2.05, 4.69) is 5.32 Å². The Labute approximate surface area is 176 Å². The number of carbonyl (C=O) groups is 1. The lowest BCUT2D eigenvalue weighted by Crippen LogP contribution is -2.45. The Balaban J connectivity index is 1.63. The molecule has 1 atom stereocenters. The number of sulfonamides is 1. The van der Waals surface area contributed by atoms with Crippen molar-refractivity contribution in [3.05, 3.63) is 48.5 Å². The van der Waals surface area contributed by atoms with Crippen molar-refractivity contribution in [1.29, 1.82) is 0 Å². The van der Waals surface area contributed by atoms with E-state index in [1.807, 2.05) is 32.0 Å². The fourth-order valence-corrected chi connectivity index (χ4v) is 3.81. The van der Waals surface area contributed by atoms with Crippen molar-refractivity contribution >= 4 is 21.6 Å². The third-order valence-corrected chi connectivity index (χ3v) is 5.40. The van der Waals surface area contributed by atoms with Gasteiger partial charge in [0.05, 0.1) is 24.6 Å². The average molecular weight is 435 g/mol. The number of hydrogen-bond acceptors (Lipinski definition) is 6. The normalized spacial score (nSPS) is 15.5. The van der Waals surface area contributed by atoms with Crippen LogP contribution in [-0.4, -0.2) is 52.5 Å². The Morgan fingerprint density at radius 1 is 1.20 bits per heavy atom. The van der Waals surface area contributed by atoms with Gasteiger partial charge in [-0.05, 0) is 38.1 Å². The van der Waals surface area contributed by atoms with Crippen LogP contribution in [0.5, 0.6) is 17.2 Å². The van der Waals surface area contributed by atoms with Gasteiger partial charge in [0.1, 0.15) is 25.0 Å². The van der Waals surface area contributed by atoms with Crippen molar-refractivity contribution in [2.45, 2.75) is 26.1 Å². The molecule has 1 heterocycles. The summed E-state index contributed by atoms with van der Waals surface area (Å²) in [7, 11) is -3.68. The molecule has 30 heavy (non-hydrogen) atoms. The van der Waals surface area contributed by atoms with Crippen molar-refractivity contribution in [2.75, 3.05) is 30.3 Å². The van der Waals surface area contributed by atoms with Crippen LogP contribution in [0, 0.1) is 0 Å². The van der Waals surface area contributed by atoms with Gasteiger partial charge in [-0.25, -0.2) is 8.42 Å². The topological polar surface area (TPSA) is 94.2 Å². The highest BCUT2D eigenvalue weighted by atomic mass is 32.2. The summed E-state index contributed by atoms with van der Waals surface area (Å²) in [6.45, 7) is 3.89. The Morgan fingerprint density at radius 3 is 2.63 bits per heavy atom. The predicted molar refractivity (Wildman–Crippen MR) is 114 cm³/mol. The summed E-state index contributed by atoms with van der Waals surface area (Å²) in [5.41, 5.74) is 0.358. The zero-order valence-electron chi connectivity index (χ0n) is 17.2. The second-order valence-corrected chi connectivity index (χ2v) is 9.14. The average Bonchev–Trinajstić information content (AvgIpc) is 2.69. The molecule has 9 heteroatoms. The standard InChI is InChI=1S/C21H26N2O6S/c1-15(2)28-17-8-6-7-16(11-17)23(30(3,25)26)13-21(24)22-12-18-14-27-19-9-4-5-10-20(19)29-18/h4-11,15,18H,12-14H2,1-3H3,(H,22,24). The number of benzene rings is 2. The maximum absolute atomic E-state index is 12.5. The monoisotopic (exact) mass is 434 g/mol. The maximum atomic E-state index is 12.5. The number of para-hydroxylation sites is 2. The zero-order chi connectivity index (χ0) is 21.7. The Morgan fingerprint density at radius 2 is 1.93 bits per heavy atom. The van der Waals surface area contributed by atoms with Crippen molar-refractivity contribution in [2.24, 2.45) is 0 Å². The van der Waals surface area contributed by atoms with Gasteiger partial charge in [0.25, 0.3) is 0 Å². The first-order valence-corrected chi connectivity index (χ1v) is 11.5. The molecule has 2 aromatic rings. The molecule has 0 aliphatic carbocycles. The van der Waals surface area contributed by atoms with Gasteiger partial charge in [0.2, 0.25) is 15.9 Å². The van der Waals surface area contributed by atoms with E-state index in [-0.39, 0.29) is 25.3 Å². The number of rotatable bonds is 8. The second kappa shape index (κ2) is 9.25. The van der Waals surface area contributed by atoms with Crippen molar-refractivity contribution in [3.63, 3.8) is 0 Å². The first-order valence-electron chi connectivity index (χ1n) is 9.62. The van der Waals surface area contributed by atoms with Gasteiger partial charge in [-0.2, -0.15) is 0 Å². The van der Waals surface area contributed by atoms with Crippen LogP contribution < -0.4 is 23.8 Å². The van der Waals surface area contributed by atoms with Crippen LogP contribution in [0.3, 0.4) is 0 Å². The van der Waals surface area contributed by atoms with Gasteiger partial charge in [0, 0.05) is 6.07 Å². The molecule has 1 N–H and O–H groups in total. The Kier molecular flexibility index (Phi) is 6.71. The first-order chi connectivity index (χ1) is 14.2. The molecule has 0 spiro atoms. The lowest BCUT2D eigenvalue weighted by molar-refractivity contribution is -0.120. The van der Waals surface area contributed by atoms with Crippen molar-refractivity contribution in [1.82, 2.24) is 5.32 Å². The number of carbonyl (C=O) groups excluding carboxylic acids is 1. The molecule has 0 fully saturated rings. The fourth-order valence-electron chi connectivity index (χ4n) is 2.96. The number of nitrogens with zero attached hydrogens (tertiary/aromatic N) is 1. The predicted octanol–water partition coefficient (Wildman–Crippen LogP) is 2.20. The minimum Gasteiger partial charge on any atom is -0.491 e. The number of anilines is 1. The summed E-state index contributed by atoms with van der Waals surface area (Å²) in [6.07, 6.45) is 0.641. The van der Waals surface area contributed by atoms with Gasteiger partial charge in [-0.1, -0.05) is 18.2 Å². The Hall–Kier alpha value is -2.94. The molecule has 2 aromatic carbocycles. The maximum Gasteiger partial charge on any atom is 0.240 e. The molecule has 0 saturated carbocycles. The minimum atomic E-state index is -3.68. The highest BCUT2D eigenvalue weighted by Crippen LogP contribution is 2.30. The number of amides is 1. The number of hydrogen-bond donors (Lipinski definition) is 1. The first kappa shape index (κ1) is 21.8. The summed E-state index contributed by atoms with van der Waals surface area (Å²) in [5, 5.41) is 2.72. The van der Waals surface area contributed by atoms with Gasteiger partial charge in [-0.15, -0.1) is 0 Å². The molecule has 0 aromatic heterocycles. The molecule has 0 radical (unpaired) electrons. The van der Waals surface area contributed by atoms with Crippen molar-refractivity contribution in [3.8, 4) is 17.2 Å². The summed E-state index contributed by atoms with van der Waals surface area (Å²) in [4.78, 5) is 12.5.